The number of hydrogen-bond acceptors (Lipinski definition) is 2. The Labute approximate surface area is 106 Å². The molecular weight excluding hydrogens is 210 g/mol. The largest absolute Gasteiger partial charge is 0.316 e. The standard InChI is InChI=1S/C14H27N3/c1-5-13-10-14(17(6-2)16-13)8-7-9-15-11-12(3)4/h10,12,15H,5-9,11H2,1-4H3. The maximum absolute atomic E-state index is 4.57. The number of aryl methyl sites for hydroxylation is 3. The quantitative estimate of drug-likeness (QED) is 0.704. The molecule has 0 aliphatic carbocycles. The fourth-order valence-corrected chi connectivity index (χ4v) is 1.95. The number of nitrogens with zero attached hydrogens (tertiary/aromatic N) is 2. The third-order valence-corrected chi connectivity index (χ3v) is 2.91. The Bertz CT molecular complexity index is 315. The first-order chi connectivity index (χ1) is 8.17. The topological polar surface area (TPSA) is 29.9 Å². The fourth-order valence-electron chi connectivity index (χ4n) is 1.95. The van der Waals surface area contributed by atoms with Crippen molar-refractivity contribution in [1.29, 1.82) is 0 Å². The summed E-state index contributed by atoms with van der Waals surface area (Å²) in [6.07, 6.45) is 3.36. The normalized spacial score (nSPS) is 11.4. The second kappa shape index (κ2) is 7.49. The molecule has 0 bridgehead atoms. The van der Waals surface area contributed by atoms with E-state index in [0.29, 0.717) is 0 Å². The Morgan fingerprint density at radius 2 is 2.12 bits per heavy atom. The summed E-state index contributed by atoms with van der Waals surface area (Å²) in [5, 5.41) is 8.05. The van der Waals surface area contributed by atoms with Gasteiger partial charge in [0.05, 0.1) is 5.69 Å². The molecule has 0 spiro atoms. The second-order valence-electron chi connectivity index (χ2n) is 5.00. The van der Waals surface area contributed by atoms with Gasteiger partial charge in [-0.25, -0.2) is 0 Å². The minimum absolute atomic E-state index is 0.739. The van der Waals surface area contributed by atoms with Crippen LogP contribution in [0.5, 0.6) is 0 Å². The van der Waals surface area contributed by atoms with E-state index in [2.05, 4.69) is 48.9 Å². The van der Waals surface area contributed by atoms with E-state index >= 15 is 0 Å². The van der Waals surface area contributed by atoms with Gasteiger partial charge in [0.1, 0.15) is 0 Å². The zero-order valence-corrected chi connectivity index (χ0v) is 11.8. The van der Waals surface area contributed by atoms with Crippen molar-refractivity contribution in [3.63, 3.8) is 0 Å². The third kappa shape index (κ3) is 4.90. The highest BCUT2D eigenvalue weighted by Crippen LogP contribution is 2.07. The lowest BCUT2D eigenvalue weighted by Gasteiger charge is -2.07. The lowest BCUT2D eigenvalue weighted by Crippen LogP contribution is -2.21. The van der Waals surface area contributed by atoms with E-state index < -0.39 is 0 Å². The minimum atomic E-state index is 0.739. The van der Waals surface area contributed by atoms with Crippen LogP contribution in [-0.4, -0.2) is 22.9 Å². The zero-order chi connectivity index (χ0) is 12.7. The summed E-state index contributed by atoms with van der Waals surface area (Å²) in [5.74, 6) is 0.739. The van der Waals surface area contributed by atoms with E-state index in [1.165, 1.54) is 17.8 Å². The summed E-state index contributed by atoms with van der Waals surface area (Å²) >= 11 is 0. The molecule has 0 atom stereocenters. The molecule has 0 radical (unpaired) electrons. The van der Waals surface area contributed by atoms with Crippen molar-refractivity contribution in [2.45, 2.75) is 53.5 Å². The SMILES string of the molecule is CCc1cc(CCCNCC(C)C)n(CC)n1. The van der Waals surface area contributed by atoms with Gasteiger partial charge in [-0.05, 0) is 51.3 Å². The monoisotopic (exact) mass is 237 g/mol. The first-order valence-electron chi connectivity index (χ1n) is 6.93. The van der Waals surface area contributed by atoms with Gasteiger partial charge in [0, 0.05) is 12.2 Å². The van der Waals surface area contributed by atoms with Crippen molar-refractivity contribution in [3.05, 3.63) is 17.5 Å². The smallest absolute Gasteiger partial charge is 0.0624 e. The van der Waals surface area contributed by atoms with Crippen LogP contribution in [0.2, 0.25) is 0 Å². The zero-order valence-electron chi connectivity index (χ0n) is 11.8. The molecule has 1 aromatic rings. The lowest BCUT2D eigenvalue weighted by atomic mass is 10.2. The number of aromatic nitrogens is 2. The Kier molecular flexibility index (Phi) is 6.27. The lowest BCUT2D eigenvalue weighted by molar-refractivity contribution is 0.534. The van der Waals surface area contributed by atoms with Crippen LogP contribution in [-0.2, 0) is 19.4 Å². The van der Waals surface area contributed by atoms with Gasteiger partial charge in [-0.15, -0.1) is 0 Å². The van der Waals surface area contributed by atoms with Crippen LogP contribution in [0.4, 0.5) is 0 Å². The third-order valence-electron chi connectivity index (χ3n) is 2.91. The summed E-state index contributed by atoms with van der Waals surface area (Å²) in [4.78, 5) is 0. The molecule has 1 rings (SSSR count). The molecule has 3 heteroatoms. The Hall–Kier alpha value is -0.830. The van der Waals surface area contributed by atoms with Crippen LogP contribution >= 0.6 is 0 Å². The van der Waals surface area contributed by atoms with E-state index in [1.54, 1.807) is 0 Å². The molecule has 1 aromatic heterocycles. The van der Waals surface area contributed by atoms with Gasteiger partial charge in [0.2, 0.25) is 0 Å². The fraction of sp³-hybridized carbons (Fsp3) is 0.786. The number of hydrogen-bond donors (Lipinski definition) is 1. The van der Waals surface area contributed by atoms with Gasteiger partial charge in [-0.3, -0.25) is 4.68 Å². The average molecular weight is 237 g/mol. The molecule has 0 fully saturated rings. The molecule has 0 amide bonds. The molecule has 0 aliphatic heterocycles. The molecule has 1 N–H and O–H groups in total. The molecule has 0 saturated heterocycles. The van der Waals surface area contributed by atoms with Crippen molar-refractivity contribution in [3.8, 4) is 0 Å². The molecule has 17 heavy (non-hydrogen) atoms. The maximum atomic E-state index is 4.57. The molecule has 0 saturated carbocycles. The van der Waals surface area contributed by atoms with Gasteiger partial charge in [-0.1, -0.05) is 20.8 Å². The van der Waals surface area contributed by atoms with E-state index in [9.17, 15) is 0 Å². The summed E-state index contributed by atoms with van der Waals surface area (Å²) in [5.41, 5.74) is 2.60. The molecule has 0 unspecified atom stereocenters. The first-order valence-corrected chi connectivity index (χ1v) is 6.93. The highest BCUT2D eigenvalue weighted by molar-refractivity contribution is 5.10. The van der Waals surface area contributed by atoms with Crippen LogP contribution in [0.15, 0.2) is 6.07 Å². The predicted octanol–water partition coefficient (Wildman–Crippen LogP) is 2.64. The van der Waals surface area contributed by atoms with Gasteiger partial charge in [0.25, 0.3) is 0 Å². The van der Waals surface area contributed by atoms with E-state index in [4.69, 9.17) is 0 Å². The van der Waals surface area contributed by atoms with Gasteiger partial charge in [0.15, 0.2) is 0 Å². The van der Waals surface area contributed by atoms with Crippen molar-refractivity contribution in [2.75, 3.05) is 13.1 Å². The molecule has 0 aromatic carbocycles. The van der Waals surface area contributed by atoms with Crippen molar-refractivity contribution in [2.24, 2.45) is 5.92 Å². The summed E-state index contributed by atoms with van der Waals surface area (Å²) in [7, 11) is 0. The van der Waals surface area contributed by atoms with E-state index in [0.717, 1.165) is 38.4 Å². The minimum Gasteiger partial charge on any atom is -0.316 e. The van der Waals surface area contributed by atoms with Crippen molar-refractivity contribution >= 4 is 0 Å². The van der Waals surface area contributed by atoms with Crippen molar-refractivity contribution < 1.29 is 0 Å². The average Bonchev–Trinajstić information content (AvgIpc) is 2.70. The molecule has 98 valence electrons. The van der Waals surface area contributed by atoms with Crippen LogP contribution < -0.4 is 5.32 Å². The maximum Gasteiger partial charge on any atom is 0.0624 e. The Balaban J connectivity index is 2.32. The highest BCUT2D eigenvalue weighted by Gasteiger charge is 2.04. The second-order valence-corrected chi connectivity index (χ2v) is 5.00. The van der Waals surface area contributed by atoms with Crippen LogP contribution in [0.3, 0.4) is 0 Å². The summed E-state index contributed by atoms with van der Waals surface area (Å²) in [6, 6.07) is 2.26. The molecular formula is C14H27N3. The number of rotatable bonds is 8. The van der Waals surface area contributed by atoms with E-state index in [1.807, 2.05) is 0 Å². The van der Waals surface area contributed by atoms with E-state index in [-0.39, 0.29) is 0 Å². The van der Waals surface area contributed by atoms with Crippen LogP contribution in [0.1, 0.15) is 45.5 Å². The first kappa shape index (κ1) is 14.2. The van der Waals surface area contributed by atoms with Gasteiger partial charge < -0.3 is 5.32 Å². The molecule has 1 heterocycles. The Morgan fingerprint density at radius 1 is 1.35 bits per heavy atom. The number of nitrogens with one attached hydrogen (secondary N) is 1. The van der Waals surface area contributed by atoms with Gasteiger partial charge >= 0.3 is 0 Å². The summed E-state index contributed by atoms with van der Waals surface area (Å²) < 4.78 is 2.14. The Morgan fingerprint density at radius 3 is 2.71 bits per heavy atom. The predicted molar refractivity (Wildman–Crippen MR) is 73.3 cm³/mol. The van der Waals surface area contributed by atoms with Crippen LogP contribution in [0.25, 0.3) is 0 Å². The highest BCUT2D eigenvalue weighted by atomic mass is 15.3. The van der Waals surface area contributed by atoms with Gasteiger partial charge in [-0.2, -0.15) is 5.10 Å². The summed E-state index contributed by atoms with van der Waals surface area (Å²) in [6.45, 7) is 12.0. The molecule has 3 nitrogen and oxygen atoms in total. The van der Waals surface area contributed by atoms with Crippen molar-refractivity contribution in [1.82, 2.24) is 15.1 Å². The van der Waals surface area contributed by atoms with Crippen LogP contribution in [0, 0.1) is 5.92 Å². The molecule has 0 aliphatic rings.